The first-order valence-electron chi connectivity index (χ1n) is 5.51. The molecule has 0 saturated carbocycles. The Morgan fingerprint density at radius 3 is 3.00 bits per heavy atom. The number of aromatic nitrogens is 1. The number of thioether (sulfide) groups is 1. The highest BCUT2D eigenvalue weighted by molar-refractivity contribution is 7.99. The van der Waals surface area contributed by atoms with E-state index in [4.69, 9.17) is 9.15 Å². The summed E-state index contributed by atoms with van der Waals surface area (Å²) in [6, 6.07) is 0. The van der Waals surface area contributed by atoms with E-state index in [-0.39, 0.29) is 5.97 Å². The van der Waals surface area contributed by atoms with Crippen LogP contribution < -0.4 is 5.32 Å². The highest BCUT2D eigenvalue weighted by Crippen LogP contribution is 2.21. The van der Waals surface area contributed by atoms with E-state index in [0.717, 1.165) is 5.75 Å². The lowest BCUT2D eigenvalue weighted by Gasteiger charge is -2.26. The molecule has 0 fully saturated rings. The van der Waals surface area contributed by atoms with Crippen LogP contribution in [0.15, 0.2) is 22.1 Å². The van der Waals surface area contributed by atoms with E-state index in [1.54, 1.807) is 20.2 Å². The van der Waals surface area contributed by atoms with Gasteiger partial charge in [0.15, 0.2) is 0 Å². The van der Waals surface area contributed by atoms with Gasteiger partial charge in [0.05, 0.1) is 12.8 Å². The molecule has 1 unspecified atom stereocenters. The van der Waals surface area contributed by atoms with E-state index in [1.165, 1.54) is 18.0 Å². The SMILES string of the molecule is CCOC(=O)C(C)(CCSc1ncco1)NC. The van der Waals surface area contributed by atoms with Gasteiger partial charge in [-0.25, -0.2) is 4.98 Å². The first kappa shape index (κ1) is 14.1. The molecule has 0 bridgehead atoms. The number of esters is 1. The predicted octanol–water partition coefficient (Wildman–Crippen LogP) is 1.70. The Morgan fingerprint density at radius 1 is 1.71 bits per heavy atom. The molecule has 0 aliphatic heterocycles. The average Bonchev–Trinajstić information content (AvgIpc) is 2.82. The molecule has 0 aliphatic carbocycles. The number of nitrogens with zero attached hydrogens (tertiary/aromatic N) is 1. The molecular weight excluding hydrogens is 240 g/mol. The van der Waals surface area contributed by atoms with Crippen molar-refractivity contribution in [2.45, 2.75) is 31.0 Å². The summed E-state index contributed by atoms with van der Waals surface area (Å²) in [7, 11) is 1.76. The summed E-state index contributed by atoms with van der Waals surface area (Å²) in [4.78, 5) is 15.8. The van der Waals surface area contributed by atoms with E-state index in [2.05, 4.69) is 10.3 Å². The number of carbonyl (C=O) groups excluding carboxylic acids is 1. The van der Waals surface area contributed by atoms with Crippen molar-refractivity contribution in [1.29, 1.82) is 0 Å². The van der Waals surface area contributed by atoms with Gasteiger partial charge in [-0.2, -0.15) is 0 Å². The van der Waals surface area contributed by atoms with Gasteiger partial charge in [-0.15, -0.1) is 0 Å². The summed E-state index contributed by atoms with van der Waals surface area (Å²) < 4.78 is 10.1. The minimum atomic E-state index is -0.657. The summed E-state index contributed by atoms with van der Waals surface area (Å²) in [5, 5.41) is 3.62. The first-order chi connectivity index (χ1) is 8.12. The Bertz CT molecular complexity index is 342. The second-order valence-corrected chi connectivity index (χ2v) is 4.75. The number of ether oxygens (including phenoxy) is 1. The molecule has 1 aromatic rings. The van der Waals surface area contributed by atoms with E-state index in [9.17, 15) is 4.79 Å². The lowest BCUT2D eigenvalue weighted by Crippen LogP contribution is -2.49. The van der Waals surface area contributed by atoms with Gasteiger partial charge in [0.1, 0.15) is 11.8 Å². The van der Waals surface area contributed by atoms with Gasteiger partial charge in [0.25, 0.3) is 5.22 Å². The third-order valence-electron chi connectivity index (χ3n) is 2.51. The number of oxazole rings is 1. The van der Waals surface area contributed by atoms with Crippen LogP contribution in [0.3, 0.4) is 0 Å². The van der Waals surface area contributed by atoms with E-state index < -0.39 is 5.54 Å². The first-order valence-corrected chi connectivity index (χ1v) is 6.49. The van der Waals surface area contributed by atoms with Crippen LogP contribution in [0.4, 0.5) is 0 Å². The van der Waals surface area contributed by atoms with Crippen LogP contribution in [0.2, 0.25) is 0 Å². The molecule has 1 heterocycles. The van der Waals surface area contributed by atoms with Gasteiger partial charge in [0, 0.05) is 5.75 Å². The second kappa shape index (κ2) is 6.66. The van der Waals surface area contributed by atoms with Crippen molar-refractivity contribution in [3.8, 4) is 0 Å². The van der Waals surface area contributed by atoms with Crippen LogP contribution >= 0.6 is 11.8 Å². The summed E-state index contributed by atoms with van der Waals surface area (Å²) in [5.41, 5.74) is -0.657. The largest absolute Gasteiger partial charge is 0.465 e. The molecule has 5 nitrogen and oxygen atoms in total. The fourth-order valence-electron chi connectivity index (χ4n) is 1.24. The van der Waals surface area contributed by atoms with E-state index in [0.29, 0.717) is 18.3 Å². The Hall–Kier alpha value is -1.01. The standard InChI is InChI=1S/C11H18N2O3S/c1-4-15-9(14)11(2,12-3)5-8-17-10-13-6-7-16-10/h6-7,12H,4-5,8H2,1-3H3. The normalized spacial score (nSPS) is 14.3. The fourth-order valence-corrected chi connectivity index (χ4v) is 2.19. The minimum Gasteiger partial charge on any atom is -0.465 e. The van der Waals surface area contributed by atoms with E-state index >= 15 is 0 Å². The third kappa shape index (κ3) is 4.05. The van der Waals surface area contributed by atoms with Gasteiger partial charge in [0.2, 0.25) is 0 Å². The van der Waals surface area contributed by atoms with Gasteiger partial charge in [-0.05, 0) is 27.3 Å². The summed E-state index contributed by atoms with van der Waals surface area (Å²) >= 11 is 1.48. The highest BCUT2D eigenvalue weighted by Gasteiger charge is 2.32. The average molecular weight is 258 g/mol. The molecule has 1 N–H and O–H groups in total. The summed E-state index contributed by atoms with van der Waals surface area (Å²) in [6.45, 7) is 4.03. The van der Waals surface area contributed by atoms with Crippen LogP contribution in [0, 0.1) is 0 Å². The van der Waals surface area contributed by atoms with Crippen molar-refractivity contribution in [3.63, 3.8) is 0 Å². The molecule has 0 aromatic carbocycles. The zero-order chi connectivity index (χ0) is 12.7. The Balaban J connectivity index is 2.43. The number of nitrogens with one attached hydrogen (secondary N) is 1. The number of rotatable bonds is 7. The molecule has 1 atom stereocenters. The Morgan fingerprint density at radius 2 is 2.47 bits per heavy atom. The maximum atomic E-state index is 11.8. The van der Waals surface area contributed by atoms with Crippen molar-refractivity contribution in [2.24, 2.45) is 0 Å². The lowest BCUT2D eigenvalue weighted by molar-refractivity contribution is -0.150. The zero-order valence-corrected chi connectivity index (χ0v) is 11.2. The Labute approximate surface area is 105 Å². The molecule has 17 heavy (non-hydrogen) atoms. The molecule has 6 heteroatoms. The van der Waals surface area contributed by atoms with Crippen molar-refractivity contribution in [2.75, 3.05) is 19.4 Å². The second-order valence-electron chi connectivity index (χ2n) is 3.70. The third-order valence-corrected chi connectivity index (χ3v) is 3.37. The maximum absolute atomic E-state index is 11.8. The molecule has 0 radical (unpaired) electrons. The molecule has 0 aliphatic rings. The molecule has 0 amide bonds. The van der Waals surface area contributed by atoms with Crippen molar-refractivity contribution in [3.05, 3.63) is 12.5 Å². The van der Waals surface area contributed by atoms with Gasteiger partial charge >= 0.3 is 5.97 Å². The van der Waals surface area contributed by atoms with Crippen LogP contribution in [0.25, 0.3) is 0 Å². The Kier molecular flexibility index (Phi) is 5.50. The van der Waals surface area contributed by atoms with Crippen molar-refractivity contribution in [1.82, 2.24) is 10.3 Å². The van der Waals surface area contributed by atoms with Gasteiger partial charge in [-0.3, -0.25) is 4.79 Å². The van der Waals surface area contributed by atoms with E-state index in [1.807, 2.05) is 6.92 Å². The molecule has 1 aromatic heterocycles. The molecular formula is C11H18N2O3S. The molecule has 1 rings (SSSR count). The molecule has 0 spiro atoms. The van der Waals surface area contributed by atoms with Crippen LogP contribution in [-0.2, 0) is 9.53 Å². The molecule has 96 valence electrons. The monoisotopic (exact) mass is 258 g/mol. The van der Waals surface area contributed by atoms with Gasteiger partial charge < -0.3 is 14.5 Å². The van der Waals surface area contributed by atoms with Gasteiger partial charge in [-0.1, -0.05) is 11.8 Å². The number of carbonyl (C=O) groups is 1. The number of likely N-dealkylation sites (N-methyl/N-ethyl adjacent to an activating group) is 1. The molecule has 0 saturated heterocycles. The maximum Gasteiger partial charge on any atom is 0.326 e. The fraction of sp³-hybridized carbons (Fsp3) is 0.636. The topological polar surface area (TPSA) is 64.4 Å². The summed E-state index contributed by atoms with van der Waals surface area (Å²) in [5.74, 6) is 0.506. The van der Waals surface area contributed by atoms with Crippen LogP contribution in [-0.4, -0.2) is 35.9 Å². The lowest BCUT2D eigenvalue weighted by atomic mass is 10.00. The number of hydrogen-bond acceptors (Lipinski definition) is 6. The minimum absolute atomic E-state index is 0.226. The van der Waals surface area contributed by atoms with Crippen LogP contribution in [0.1, 0.15) is 20.3 Å². The van der Waals surface area contributed by atoms with Crippen LogP contribution in [0.5, 0.6) is 0 Å². The number of hydrogen-bond donors (Lipinski definition) is 1. The van der Waals surface area contributed by atoms with Crippen molar-refractivity contribution >= 4 is 17.7 Å². The predicted molar refractivity (Wildman–Crippen MR) is 65.9 cm³/mol. The highest BCUT2D eigenvalue weighted by atomic mass is 32.2. The quantitative estimate of drug-likeness (QED) is 0.593. The van der Waals surface area contributed by atoms with Crippen molar-refractivity contribution < 1.29 is 13.9 Å². The summed E-state index contributed by atoms with van der Waals surface area (Å²) in [6.07, 6.45) is 3.78. The zero-order valence-electron chi connectivity index (χ0n) is 10.4. The smallest absolute Gasteiger partial charge is 0.326 e.